The molecule has 162 valence electrons. The molecule has 4 heteroatoms. The Morgan fingerprint density at radius 3 is 2.34 bits per heavy atom. The Bertz CT molecular complexity index is 737. The molecule has 2 unspecified atom stereocenters. The third kappa shape index (κ3) is 7.18. The van der Waals surface area contributed by atoms with Crippen LogP contribution >= 0.6 is 0 Å². The Kier molecular flexibility index (Phi) is 10.3. The Balaban J connectivity index is 1.93. The van der Waals surface area contributed by atoms with Crippen LogP contribution in [0.5, 0.6) is 0 Å². The summed E-state index contributed by atoms with van der Waals surface area (Å²) in [4.78, 5) is 16.1. The molecule has 0 aliphatic heterocycles. The monoisotopic (exact) mass is 401 g/mol. The van der Waals surface area contributed by atoms with Crippen LogP contribution in [-0.2, 0) is 14.3 Å². The number of aryl methyl sites for hydroxylation is 1. The van der Waals surface area contributed by atoms with E-state index in [4.69, 9.17) is 9.47 Å². The second-order valence-electron chi connectivity index (χ2n) is 8.05. The first-order chi connectivity index (χ1) is 14.1. The van der Waals surface area contributed by atoms with Crippen LogP contribution in [0.15, 0.2) is 24.3 Å². The van der Waals surface area contributed by atoms with Crippen molar-refractivity contribution < 1.29 is 14.3 Å². The minimum absolute atomic E-state index is 0.0116. The summed E-state index contributed by atoms with van der Waals surface area (Å²) < 4.78 is 11.6. The molecule has 0 saturated heterocycles. The van der Waals surface area contributed by atoms with Gasteiger partial charge in [-0.25, -0.2) is 4.79 Å². The zero-order valence-electron chi connectivity index (χ0n) is 18.8. The van der Waals surface area contributed by atoms with E-state index in [0.717, 1.165) is 35.0 Å². The molecule has 0 saturated carbocycles. The summed E-state index contributed by atoms with van der Waals surface area (Å²) >= 11 is 0. The van der Waals surface area contributed by atoms with Crippen LogP contribution < -0.4 is 0 Å². The molecule has 0 radical (unpaired) electrons. The highest BCUT2D eigenvalue weighted by atomic mass is 16.6. The van der Waals surface area contributed by atoms with Gasteiger partial charge in [0.15, 0.2) is 6.10 Å². The third-order valence-corrected chi connectivity index (χ3v) is 5.54. The molecule has 1 N–H and O–H groups in total. The fraction of sp³-hybridized carbons (Fsp3) is 0.640. The summed E-state index contributed by atoms with van der Waals surface area (Å²) in [5, 5.41) is 1.03. The summed E-state index contributed by atoms with van der Waals surface area (Å²) in [6, 6.07) is 8.05. The zero-order chi connectivity index (χ0) is 21.1. The third-order valence-electron chi connectivity index (χ3n) is 5.54. The lowest BCUT2D eigenvalue weighted by Crippen LogP contribution is -2.23. The van der Waals surface area contributed by atoms with E-state index in [1.165, 1.54) is 44.9 Å². The number of nitrogens with one attached hydrogen (secondary N) is 1. The number of ether oxygens (including phenoxy) is 2. The van der Waals surface area contributed by atoms with Crippen LogP contribution in [0.1, 0.15) is 95.9 Å². The lowest BCUT2D eigenvalue weighted by atomic mass is 10.0. The molecule has 1 aromatic carbocycles. The predicted molar refractivity (Wildman–Crippen MR) is 120 cm³/mol. The van der Waals surface area contributed by atoms with Crippen molar-refractivity contribution in [3.63, 3.8) is 0 Å². The summed E-state index contributed by atoms with van der Waals surface area (Å²) in [6.45, 7) is 8.50. The summed E-state index contributed by atoms with van der Waals surface area (Å²) in [5.74, 6) is -0.303. The maximum Gasteiger partial charge on any atom is 0.340 e. The second kappa shape index (κ2) is 12.7. The van der Waals surface area contributed by atoms with Gasteiger partial charge < -0.3 is 14.5 Å². The average molecular weight is 402 g/mol. The van der Waals surface area contributed by atoms with Crippen LogP contribution in [0.2, 0.25) is 0 Å². The molecule has 0 aliphatic rings. The van der Waals surface area contributed by atoms with Crippen LogP contribution in [0.3, 0.4) is 0 Å². The number of hydrogen-bond acceptors (Lipinski definition) is 3. The number of unbranched alkanes of at least 4 members (excludes halogenated alkanes) is 7. The number of carbonyl (C=O) groups excluding carboxylic acids is 1. The van der Waals surface area contributed by atoms with Gasteiger partial charge in [0.1, 0.15) is 0 Å². The van der Waals surface area contributed by atoms with E-state index in [2.05, 4.69) is 18.8 Å². The average Bonchev–Trinajstić information content (AvgIpc) is 3.04. The molecule has 29 heavy (non-hydrogen) atoms. The summed E-state index contributed by atoms with van der Waals surface area (Å²) in [7, 11) is 0. The zero-order valence-corrected chi connectivity index (χ0v) is 18.8. The van der Waals surface area contributed by atoms with Gasteiger partial charge in [-0.3, -0.25) is 0 Å². The van der Waals surface area contributed by atoms with E-state index in [1.807, 2.05) is 38.1 Å². The van der Waals surface area contributed by atoms with Crippen molar-refractivity contribution in [2.45, 2.75) is 97.7 Å². The van der Waals surface area contributed by atoms with E-state index in [9.17, 15) is 4.79 Å². The van der Waals surface area contributed by atoms with Gasteiger partial charge in [-0.15, -0.1) is 0 Å². The first-order valence-electron chi connectivity index (χ1n) is 11.5. The number of benzene rings is 1. The fourth-order valence-corrected chi connectivity index (χ4v) is 3.96. The highest BCUT2D eigenvalue weighted by Gasteiger charge is 2.29. The molecule has 0 spiro atoms. The summed E-state index contributed by atoms with van der Waals surface area (Å²) in [5.41, 5.74) is 2.89. The number of H-pyrrole nitrogens is 1. The van der Waals surface area contributed by atoms with Crippen molar-refractivity contribution in [2.24, 2.45) is 0 Å². The second-order valence-corrected chi connectivity index (χ2v) is 8.05. The van der Waals surface area contributed by atoms with E-state index < -0.39 is 6.10 Å². The number of rotatable bonds is 14. The predicted octanol–water partition coefficient (Wildman–Crippen LogP) is 7.02. The molecular weight excluding hydrogens is 362 g/mol. The van der Waals surface area contributed by atoms with Crippen molar-refractivity contribution in [3.05, 3.63) is 35.5 Å². The lowest BCUT2D eigenvalue weighted by Gasteiger charge is -2.22. The Morgan fingerprint density at radius 1 is 1.00 bits per heavy atom. The molecule has 2 atom stereocenters. The Hall–Kier alpha value is -1.81. The Labute approximate surface area is 176 Å². The number of fused-ring (bicyclic) bond motifs is 1. The minimum Gasteiger partial charge on any atom is -0.464 e. The van der Waals surface area contributed by atoms with Crippen molar-refractivity contribution >= 4 is 16.9 Å². The van der Waals surface area contributed by atoms with E-state index >= 15 is 0 Å². The van der Waals surface area contributed by atoms with Gasteiger partial charge in [0, 0.05) is 22.2 Å². The van der Waals surface area contributed by atoms with Gasteiger partial charge in [0.2, 0.25) is 0 Å². The molecule has 0 bridgehead atoms. The molecule has 2 aromatic rings. The van der Waals surface area contributed by atoms with Gasteiger partial charge in [-0.1, -0.05) is 76.5 Å². The van der Waals surface area contributed by atoms with Gasteiger partial charge in [0.25, 0.3) is 0 Å². The SMILES string of the molecule is CCCCCCCCCCC(C)OC(C(=O)OCC)c1c(C)[nH]c2ccccc12. The van der Waals surface area contributed by atoms with E-state index in [0.29, 0.717) is 6.61 Å². The molecular formula is C25H39NO3. The number of carbonyl (C=O) groups is 1. The maximum absolute atomic E-state index is 12.7. The number of para-hydroxylation sites is 1. The lowest BCUT2D eigenvalue weighted by molar-refractivity contribution is -0.161. The van der Waals surface area contributed by atoms with Crippen LogP contribution in [-0.4, -0.2) is 23.7 Å². The largest absolute Gasteiger partial charge is 0.464 e. The molecule has 4 nitrogen and oxygen atoms in total. The quantitative estimate of drug-likeness (QED) is 0.273. The van der Waals surface area contributed by atoms with E-state index in [-0.39, 0.29) is 12.1 Å². The Morgan fingerprint density at radius 2 is 1.66 bits per heavy atom. The van der Waals surface area contributed by atoms with Crippen molar-refractivity contribution in [3.8, 4) is 0 Å². The molecule has 0 fully saturated rings. The van der Waals surface area contributed by atoms with Crippen LogP contribution in [0, 0.1) is 6.92 Å². The summed E-state index contributed by atoms with van der Waals surface area (Å²) in [6.07, 6.45) is 10.6. The van der Waals surface area contributed by atoms with Gasteiger partial charge in [-0.2, -0.15) is 0 Å². The molecule has 2 rings (SSSR count). The standard InChI is InChI=1S/C25H39NO3/c1-5-7-8-9-10-11-12-13-16-19(3)29-24(25(27)28-6-2)23-20(4)26-22-18-15-14-17-21(22)23/h14-15,17-19,24,26H,5-13,16H2,1-4H3. The van der Waals surface area contributed by atoms with Gasteiger partial charge in [0.05, 0.1) is 12.7 Å². The topological polar surface area (TPSA) is 51.3 Å². The number of hydrogen-bond donors (Lipinski definition) is 1. The first kappa shape index (κ1) is 23.5. The van der Waals surface area contributed by atoms with Crippen molar-refractivity contribution in [2.75, 3.05) is 6.61 Å². The van der Waals surface area contributed by atoms with Gasteiger partial charge in [-0.05, 0) is 33.3 Å². The van der Waals surface area contributed by atoms with Crippen molar-refractivity contribution in [1.82, 2.24) is 4.98 Å². The number of esters is 1. The van der Waals surface area contributed by atoms with E-state index in [1.54, 1.807) is 0 Å². The fourth-order valence-electron chi connectivity index (χ4n) is 3.96. The van der Waals surface area contributed by atoms with Crippen molar-refractivity contribution in [1.29, 1.82) is 0 Å². The normalized spacial score (nSPS) is 13.5. The highest BCUT2D eigenvalue weighted by Crippen LogP contribution is 2.32. The smallest absolute Gasteiger partial charge is 0.340 e. The number of aromatic nitrogens is 1. The minimum atomic E-state index is -0.685. The molecule has 1 heterocycles. The maximum atomic E-state index is 12.7. The van der Waals surface area contributed by atoms with Crippen LogP contribution in [0.25, 0.3) is 10.9 Å². The molecule has 0 aliphatic carbocycles. The number of aromatic amines is 1. The van der Waals surface area contributed by atoms with Gasteiger partial charge >= 0.3 is 5.97 Å². The molecule has 0 amide bonds. The first-order valence-corrected chi connectivity index (χ1v) is 11.5. The van der Waals surface area contributed by atoms with Crippen LogP contribution in [0.4, 0.5) is 0 Å². The highest BCUT2D eigenvalue weighted by molar-refractivity contribution is 5.90. The molecule has 1 aromatic heterocycles.